The Hall–Kier alpha value is -7.16. The summed E-state index contributed by atoms with van der Waals surface area (Å²) in [6, 6.07) is 69.1. The van der Waals surface area contributed by atoms with Crippen LogP contribution in [0.25, 0.3) is 54.6 Å². The van der Waals surface area contributed by atoms with Gasteiger partial charge in [-0.1, -0.05) is 158 Å². The Bertz CT molecular complexity index is 3140. The normalized spacial score (nSPS) is 11.5. The van der Waals surface area contributed by atoms with Gasteiger partial charge in [0.1, 0.15) is 0 Å². The van der Waals surface area contributed by atoms with Gasteiger partial charge in [-0.15, -0.1) is 0 Å². The molecule has 0 N–H and O–H groups in total. The third-order valence-corrected chi connectivity index (χ3v) is 12.4. The monoisotopic (exact) mass is 758 g/mol. The van der Waals surface area contributed by atoms with Crippen LogP contribution in [0.15, 0.2) is 188 Å². The van der Waals surface area contributed by atoms with Gasteiger partial charge < -0.3 is 9.80 Å². The first-order valence-electron chi connectivity index (χ1n) is 20.6. The molecule has 284 valence electrons. The molecule has 0 unspecified atom stereocenters. The van der Waals surface area contributed by atoms with Crippen LogP contribution < -0.4 is 9.80 Å². The van der Waals surface area contributed by atoms with Gasteiger partial charge in [0.25, 0.3) is 0 Å². The molecule has 0 saturated heterocycles. The average Bonchev–Trinajstić information content (AvgIpc) is 3.27. The number of hydrogen-bond donors (Lipinski definition) is 0. The van der Waals surface area contributed by atoms with Crippen molar-refractivity contribution in [3.8, 4) is 22.3 Å². The van der Waals surface area contributed by atoms with E-state index in [1.54, 1.807) is 0 Å². The molecule has 0 spiro atoms. The quantitative estimate of drug-likeness (QED) is 0.142. The summed E-state index contributed by atoms with van der Waals surface area (Å²) in [6.45, 7) is 11.2. The van der Waals surface area contributed by atoms with Crippen LogP contribution in [0.2, 0.25) is 0 Å². The molecule has 10 aromatic carbocycles. The minimum absolute atomic E-state index is 1.16. The van der Waals surface area contributed by atoms with Crippen LogP contribution in [0, 0.1) is 34.6 Å². The highest BCUT2D eigenvalue weighted by molar-refractivity contribution is 6.28. The second-order valence-corrected chi connectivity index (χ2v) is 15.9. The van der Waals surface area contributed by atoms with Gasteiger partial charge in [0.05, 0.1) is 17.1 Å². The van der Waals surface area contributed by atoms with E-state index in [0.717, 1.165) is 5.69 Å². The number of hydrogen-bond acceptors (Lipinski definition) is 2. The first-order chi connectivity index (χ1) is 28.9. The van der Waals surface area contributed by atoms with Gasteiger partial charge in [-0.3, -0.25) is 0 Å². The van der Waals surface area contributed by atoms with E-state index in [1.807, 2.05) is 0 Å². The van der Waals surface area contributed by atoms with Gasteiger partial charge in [-0.05, 0) is 137 Å². The lowest BCUT2D eigenvalue weighted by atomic mass is 9.90. The van der Waals surface area contributed by atoms with Gasteiger partial charge >= 0.3 is 0 Å². The number of aryl methyl sites for hydroxylation is 3. The van der Waals surface area contributed by atoms with Crippen molar-refractivity contribution in [2.24, 2.45) is 0 Å². The molecule has 0 bridgehead atoms. The Labute approximate surface area is 347 Å². The fraction of sp³-hybridized carbons (Fsp3) is 0.0877. The van der Waals surface area contributed by atoms with E-state index in [9.17, 15) is 0 Å². The standard InChI is InChI=1S/C57H46N2/c1-37-17-12-13-26-50(37)58(51-27-15-24-46(40(51)4)42-20-8-6-9-21-42)53-35-31-44-30-34-49-54(36-32-45-29-33-48(53)55(44)56(45)49)59(57-38(2)18-14-19-39(57)3)52-28-16-25-47(41(52)5)43-22-10-7-11-23-43/h6-36H,1-5H3. The van der Waals surface area contributed by atoms with Crippen molar-refractivity contribution < 1.29 is 0 Å². The fourth-order valence-corrected chi connectivity index (χ4v) is 9.49. The topological polar surface area (TPSA) is 6.48 Å². The lowest BCUT2D eigenvalue weighted by Crippen LogP contribution is -2.15. The second-order valence-electron chi connectivity index (χ2n) is 15.9. The summed E-state index contributed by atoms with van der Waals surface area (Å²) in [7, 11) is 0. The minimum atomic E-state index is 1.16. The molecule has 59 heavy (non-hydrogen) atoms. The predicted octanol–water partition coefficient (Wildman–Crippen LogP) is 16.4. The average molecular weight is 759 g/mol. The number of nitrogens with zero attached hydrogens (tertiary/aromatic N) is 2. The van der Waals surface area contributed by atoms with Crippen LogP contribution in [0.4, 0.5) is 34.1 Å². The number of benzene rings is 10. The van der Waals surface area contributed by atoms with E-state index < -0.39 is 0 Å². The molecular formula is C57H46N2. The Morgan fingerprint density at radius 3 is 1.22 bits per heavy atom. The minimum Gasteiger partial charge on any atom is -0.309 e. The van der Waals surface area contributed by atoms with Crippen molar-refractivity contribution in [3.63, 3.8) is 0 Å². The zero-order valence-corrected chi connectivity index (χ0v) is 34.3. The fourth-order valence-electron chi connectivity index (χ4n) is 9.49. The zero-order chi connectivity index (χ0) is 40.2. The van der Waals surface area contributed by atoms with E-state index in [-0.39, 0.29) is 0 Å². The molecule has 0 radical (unpaired) electrons. The molecule has 0 heterocycles. The summed E-state index contributed by atoms with van der Waals surface area (Å²) in [6.07, 6.45) is 0. The maximum Gasteiger partial charge on any atom is 0.0541 e. The number of para-hydroxylation sites is 2. The Balaban J connectivity index is 1.25. The van der Waals surface area contributed by atoms with Crippen molar-refractivity contribution in [1.29, 1.82) is 0 Å². The van der Waals surface area contributed by atoms with Crippen LogP contribution in [-0.2, 0) is 0 Å². The highest BCUT2D eigenvalue weighted by Crippen LogP contribution is 2.50. The van der Waals surface area contributed by atoms with Gasteiger partial charge in [0.15, 0.2) is 0 Å². The summed E-state index contributed by atoms with van der Waals surface area (Å²) in [4.78, 5) is 5.02. The van der Waals surface area contributed by atoms with Crippen molar-refractivity contribution in [3.05, 3.63) is 216 Å². The molecule has 0 aliphatic heterocycles. The highest BCUT2D eigenvalue weighted by Gasteiger charge is 2.25. The largest absolute Gasteiger partial charge is 0.309 e. The SMILES string of the molecule is Cc1ccccc1N(c1cccc(-c2ccccc2)c1C)c1ccc2ccc3c(N(c4cccc(-c5ccccc5)c4C)c4c(C)cccc4C)ccc4ccc1c2c43. The maximum atomic E-state index is 2.53. The summed E-state index contributed by atoms with van der Waals surface area (Å²) >= 11 is 0. The van der Waals surface area contributed by atoms with Crippen LogP contribution in [-0.4, -0.2) is 0 Å². The summed E-state index contributed by atoms with van der Waals surface area (Å²) in [5.41, 5.74) is 18.2. The third-order valence-electron chi connectivity index (χ3n) is 12.4. The molecule has 0 fully saturated rings. The van der Waals surface area contributed by atoms with Crippen LogP contribution in [0.5, 0.6) is 0 Å². The van der Waals surface area contributed by atoms with Crippen LogP contribution in [0.1, 0.15) is 27.8 Å². The highest BCUT2D eigenvalue weighted by atomic mass is 15.2. The summed E-state index contributed by atoms with van der Waals surface area (Å²) in [5.74, 6) is 0. The molecule has 0 aromatic heterocycles. The molecule has 2 nitrogen and oxygen atoms in total. The Morgan fingerprint density at radius 1 is 0.288 bits per heavy atom. The van der Waals surface area contributed by atoms with E-state index in [1.165, 1.54) is 111 Å². The second kappa shape index (κ2) is 14.7. The molecule has 2 heteroatoms. The van der Waals surface area contributed by atoms with E-state index >= 15 is 0 Å². The molecule has 0 aliphatic carbocycles. The van der Waals surface area contributed by atoms with Crippen LogP contribution >= 0.6 is 0 Å². The molecule has 0 aliphatic rings. The first kappa shape index (κ1) is 36.2. The lowest BCUT2D eigenvalue weighted by Gasteiger charge is -2.33. The Kier molecular flexibility index (Phi) is 8.99. The van der Waals surface area contributed by atoms with Gasteiger partial charge in [-0.2, -0.15) is 0 Å². The number of anilines is 6. The van der Waals surface area contributed by atoms with E-state index in [2.05, 4.69) is 232 Å². The molecular weight excluding hydrogens is 713 g/mol. The summed E-state index contributed by atoms with van der Waals surface area (Å²) in [5, 5.41) is 7.50. The van der Waals surface area contributed by atoms with Crippen molar-refractivity contribution >= 4 is 66.4 Å². The van der Waals surface area contributed by atoms with Crippen molar-refractivity contribution in [2.45, 2.75) is 34.6 Å². The van der Waals surface area contributed by atoms with Gasteiger partial charge in [0.2, 0.25) is 0 Å². The summed E-state index contributed by atoms with van der Waals surface area (Å²) < 4.78 is 0. The lowest BCUT2D eigenvalue weighted by molar-refractivity contribution is 1.21. The van der Waals surface area contributed by atoms with Crippen molar-refractivity contribution in [2.75, 3.05) is 9.80 Å². The van der Waals surface area contributed by atoms with Gasteiger partial charge in [-0.25, -0.2) is 0 Å². The molecule has 0 saturated carbocycles. The smallest absolute Gasteiger partial charge is 0.0541 e. The predicted molar refractivity (Wildman–Crippen MR) is 254 cm³/mol. The Morgan fingerprint density at radius 2 is 0.695 bits per heavy atom. The zero-order valence-electron chi connectivity index (χ0n) is 34.3. The first-order valence-corrected chi connectivity index (χ1v) is 20.6. The van der Waals surface area contributed by atoms with Crippen molar-refractivity contribution in [1.82, 2.24) is 0 Å². The third kappa shape index (κ3) is 6.03. The maximum absolute atomic E-state index is 2.53. The van der Waals surface area contributed by atoms with E-state index in [0.29, 0.717) is 0 Å². The van der Waals surface area contributed by atoms with Gasteiger partial charge in [0, 0.05) is 27.8 Å². The molecule has 0 atom stereocenters. The number of rotatable bonds is 8. The van der Waals surface area contributed by atoms with Crippen LogP contribution in [0.3, 0.4) is 0 Å². The molecule has 10 aromatic rings. The molecule has 0 amide bonds. The molecule has 10 rings (SSSR count). The van der Waals surface area contributed by atoms with E-state index in [4.69, 9.17) is 0 Å².